The highest BCUT2D eigenvalue weighted by Crippen LogP contribution is 2.97. The van der Waals surface area contributed by atoms with Gasteiger partial charge in [-0.15, -0.1) is 0 Å². The average molecular weight is 158 g/mol. The lowest BCUT2D eigenvalue weighted by atomic mass is 11.7. The zero-order valence-corrected chi connectivity index (χ0v) is 4.27. The highest BCUT2D eigenvalue weighted by molar-refractivity contribution is 8.45. The molecular formula is CH3F5OS. The lowest BCUT2D eigenvalue weighted by molar-refractivity contribution is 0.264. The van der Waals surface area contributed by atoms with Gasteiger partial charge in [0.15, 0.2) is 5.94 Å². The molecule has 0 bridgehead atoms. The summed E-state index contributed by atoms with van der Waals surface area (Å²) in [4.78, 5) is 0. The van der Waals surface area contributed by atoms with Gasteiger partial charge in [-0.25, -0.2) is 0 Å². The molecule has 0 fully saturated rings. The summed E-state index contributed by atoms with van der Waals surface area (Å²) in [7, 11) is -9.45. The molecular weight excluding hydrogens is 155 g/mol. The van der Waals surface area contributed by atoms with E-state index >= 15 is 0 Å². The van der Waals surface area contributed by atoms with E-state index in [4.69, 9.17) is 5.11 Å². The van der Waals surface area contributed by atoms with Crippen molar-refractivity contribution in [1.82, 2.24) is 0 Å². The van der Waals surface area contributed by atoms with Crippen molar-refractivity contribution in [1.29, 1.82) is 0 Å². The maximum atomic E-state index is 10.7. The normalized spacial score (nSPS) is 21.8. The first-order chi connectivity index (χ1) is 3.04. The van der Waals surface area contributed by atoms with E-state index in [1.165, 1.54) is 0 Å². The Kier molecular flexibility index (Phi) is 0.966. The Labute approximate surface area is 41.8 Å². The molecule has 0 unspecified atom stereocenters. The van der Waals surface area contributed by atoms with Gasteiger partial charge in [-0.3, -0.25) is 0 Å². The summed E-state index contributed by atoms with van der Waals surface area (Å²) < 4.78 is 53.5. The summed E-state index contributed by atoms with van der Waals surface area (Å²) in [6.45, 7) is 0. The molecule has 0 heterocycles. The van der Waals surface area contributed by atoms with Crippen LogP contribution < -0.4 is 0 Å². The molecule has 0 aliphatic rings. The minimum Gasteiger partial charge on any atom is -0.377 e. The Morgan fingerprint density at radius 3 is 1.12 bits per heavy atom. The molecule has 1 nitrogen and oxygen atoms in total. The van der Waals surface area contributed by atoms with Crippen LogP contribution in [0.2, 0.25) is 0 Å². The highest BCUT2D eigenvalue weighted by Gasteiger charge is 2.62. The molecule has 54 valence electrons. The Morgan fingerprint density at radius 2 is 1.12 bits per heavy atom. The predicted octanol–water partition coefficient (Wildman–Crippen LogP) is 2.23. The first kappa shape index (κ1) is 7.96. The third kappa shape index (κ3) is 5.96. The van der Waals surface area contributed by atoms with Gasteiger partial charge in [0.2, 0.25) is 0 Å². The summed E-state index contributed by atoms with van der Waals surface area (Å²) in [5.41, 5.74) is 0. The van der Waals surface area contributed by atoms with Crippen LogP contribution in [-0.4, -0.2) is 11.0 Å². The van der Waals surface area contributed by atoms with Crippen LogP contribution in [0.3, 0.4) is 0 Å². The van der Waals surface area contributed by atoms with Crippen LogP contribution in [0.15, 0.2) is 0 Å². The van der Waals surface area contributed by atoms with Gasteiger partial charge in [0.25, 0.3) is 0 Å². The van der Waals surface area contributed by atoms with Crippen molar-refractivity contribution < 1.29 is 24.5 Å². The molecule has 0 aliphatic heterocycles. The van der Waals surface area contributed by atoms with Crippen molar-refractivity contribution in [3.63, 3.8) is 0 Å². The van der Waals surface area contributed by atoms with Gasteiger partial charge < -0.3 is 5.11 Å². The van der Waals surface area contributed by atoms with E-state index < -0.39 is 16.2 Å². The summed E-state index contributed by atoms with van der Waals surface area (Å²) in [5.74, 6) is -3.01. The number of hydrogen-bond acceptors (Lipinski definition) is 1. The molecule has 0 radical (unpaired) electrons. The maximum absolute atomic E-state index is 10.7. The lowest BCUT2D eigenvalue weighted by Crippen LogP contribution is -2.09. The smallest absolute Gasteiger partial charge is 0.306 e. The number of hydrogen-bond donors (Lipinski definition) is 1. The number of rotatable bonds is 1. The van der Waals surface area contributed by atoms with Gasteiger partial charge >= 0.3 is 10.2 Å². The van der Waals surface area contributed by atoms with Crippen LogP contribution in [0.5, 0.6) is 0 Å². The number of aliphatic hydroxyl groups excluding tert-OH is 1. The van der Waals surface area contributed by atoms with E-state index in [1.807, 2.05) is 0 Å². The fourth-order valence-corrected chi connectivity index (χ4v) is 0. The Morgan fingerprint density at radius 1 is 1.00 bits per heavy atom. The van der Waals surface area contributed by atoms with Crippen LogP contribution in [0, 0.1) is 0 Å². The van der Waals surface area contributed by atoms with Crippen molar-refractivity contribution in [3.8, 4) is 0 Å². The average Bonchev–Trinajstić information content (AvgIpc) is 1.30. The number of halogens is 5. The third-order valence-corrected chi connectivity index (χ3v) is 0.732. The van der Waals surface area contributed by atoms with Gasteiger partial charge in [0, 0.05) is 0 Å². The molecule has 0 amide bonds. The molecule has 0 rings (SSSR count). The van der Waals surface area contributed by atoms with E-state index in [2.05, 4.69) is 0 Å². The molecule has 0 atom stereocenters. The van der Waals surface area contributed by atoms with Gasteiger partial charge in [-0.2, -0.15) is 0 Å². The van der Waals surface area contributed by atoms with E-state index in [9.17, 15) is 19.4 Å². The van der Waals surface area contributed by atoms with Crippen LogP contribution in [0.25, 0.3) is 0 Å². The summed E-state index contributed by atoms with van der Waals surface area (Å²) >= 11 is 0. The van der Waals surface area contributed by atoms with Crippen molar-refractivity contribution in [2.45, 2.75) is 0 Å². The maximum Gasteiger partial charge on any atom is 0.306 e. The third-order valence-electron chi connectivity index (χ3n) is 0.244. The van der Waals surface area contributed by atoms with Crippen molar-refractivity contribution in [2.75, 3.05) is 5.94 Å². The Hall–Kier alpha value is -0.0400. The van der Waals surface area contributed by atoms with E-state index in [1.54, 1.807) is 0 Å². The van der Waals surface area contributed by atoms with Gasteiger partial charge in [0.05, 0.1) is 0 Å². The molecule has 0 aromatic heterocycles. The lowest BCUT2D eigenvalue weighted by Gasteiger charge is -2.37. The van der Waals surface area contributed by atoms with E-state index in [-0.39, 0.29) is 0 Å². The molecule has 0 aliphatic carbocycles. The standard InChI is InChI=1S/CH3F5OS/c2-8(3,4,5,6)1-7/h7H,1H2. The van der Waals surface area contributed by atoms with Crippen LogP contribution in [0.1, 0.15) is 0 Å². The van der Waals surface area contributed by atoms with Crippen molar-refractivity contribution in [2.24, 2.45) is 0 Å². The van der Waals surface area contributed by atoms with Crippen LogP contribution in [-0.2, 0) is 0 Å². The minimum atomic E-state index is -9.45. The monoisotopic (exact) mass is 158 g/mol. The van der Waals surface area contributed by atoms with Crippen LogP contribution >= 0.6 is 10.2 Å². The Balaban J connectivity index is 4.50. The summed E-state index contributed by atoms with van der Waals surface area (Å²) in [5, 5.41) is 7.10. The molecule has 0 saturated carbocycles. The minimum absolute atomic E-state index is 3.01. The summed E-state index contributed by atoms with van der Waals surface area (Å²) in [6, 6.07) is 0. The van der Waals surface area contributed by atoms with Gasteiger partial charge in [0.1, 0.15) is 0 Å². The van der Waals surface area contributed by atoms with Crippen LogP contribution in [0.4, 0.5) is 19.4 Å². The second kappa shape index (κ2) is 0.971. The highest BCUT2D eigenvalue weighted by atomic mass is 32.5. The molecule has 0 aromatic rings. The van der Waals surface area contributed by atoms with Crippen molar-refractivity contribution >= 4 is 10.2 Å². The zero-order valence-electron chi connectivity index (χ0n) is 3.45. The van der Waals surface area contributed by atoms with E-state index in [0.29, 0.717) is 0 Å². The second-order valence-electron chi connectivity index (χ2n) is 1.26. The predicted molar refractivity (Wildman–Crippen MR) is 20.2 cm³/mol. The first-order valence-electron chi connectivity index (χ1n) is 1.38. The number of aliphatic hydroxyl groups is 1. The summed E-state index contributed by atoms with van der Waals surface area (Å²) in [6.07, 6.45) is 0. The second-order valence-corrected chi connectivity index (χ2v) is 3.77. The molecule has 0 saturated heterocycles. The Bertz CT molecular complexity index is 95.6. The fraction of sp³-hybridized carbons (Fsp3) is 1.00. The SMILES string of the molecule is OCS(F)(F)(F)(F)F. The van der Waals surface area contributed by atoms with E-state index in [0.717, 1.165) is 0 Å². The molecule has 0 spiro atoms. The molecule has 7 heteroatoms. The van der Waals surface area contributed by atoms with Crippen molar-refractivity contribution in [3.05, 3.63) is 0 Å². The quantitative estimate of drug-likeness (QED) is 0.580. The van der Waals surface area contributed by atoms with Gasteiger partial charge in [-0.05, 0) is 0 Å². The molecule has 0 aromatic carbocycles. The molecule has 8 heavy (non-hydrogen) atoms. The topological polar surface area (TPSA) is 20.2 Å². The fourth-order valence-electron chi connectivity index (χ4n) is 0. The molecule has 1 N–H and O–H groups in total. The zero-order chi connectivity index (χ0) is 7.12. The largest absolute Gasteiger partial charge is 0.377 e. The first-order valence-corrected chi connectivity index (χ1v) is 3.50. The van der Waals surface area contributed by atoms with Gasteiger partial charge in [-0.1, -0.05) is 19.4 Å².